The quantitative estimate of drug-likeness (QED) is 0.393. The number of rotatable bonds is 5. The molecule has 0 spiro atoms. The summed E-state index contributed by atoms with van der Waals surface area (Å²) in [6.07, 6.45) is 0. The third kappa shape index (κ3) is 6.94. The van der Waals surface area contributed by atoms with E-state index in [0.29, 0.717) is 31.5 Å². The molecule has 8 heteroatoms. The third-order valence-corrected chi connectivity index (χ3v) is 5.57. The number of nitrogens with two attached hydrogens (primary N) is 1. The van der Waals surface area contributed by atoms with Crippen LogP contribution in [0, 0.1) is 0 Å². The van der Waals surface area contributed by atoms with E-state index in [1.165, 1.54) is 5.56 Å². The van der Waals surface area contributed by atoms with Gasteiger partial charge in [0.05, 0.1) is 18.1 Å². The van der Waals surface area contributed by atoms with Gasteiger partial charge in [-0.3, -0.25) is 9.89 Å². The van der Waals surface area contributed by atoms with Gasteiger partial charge in [-0.2, -0.15) is 0 Å². The highest BCUT2D eigenvalue weighted by atomic mass is 127. The van der Waals surface area contributed by atoms with Crippen LogP contribution in [0.2, 0.25) is 0 Å². The Morgan fingerprint density at radius 2 is 2.00 bits per heavy atom. The van der Waals surface area contributed by atoms with Crippen LogP contribution in [0.25, 0.3) is 0 Å². The number of halogens is 1. The zero-order chi connectivity index (χ0) is 16.9. The molecule has 0 saturated carbocycles. The van der Waals surface area contributed by atoms with E-state index >= 15 is 0 Å². The van der Waals surface area contributed by atoms with Crippen molar-refractivity contribution < 1.29 is 8.42 Å². The van der Waals surface area contributed by atoms with E-state index < -0.39 is 9.84 Å². The predicted octanol–water partition coefficient (Wildman–Crippen LogP) is 1.89. The van der Waals surface area contributed by atoms with Gasteiger partial charge in [-0.1, -0.05) is 26.0 Å². The van der Waals surface area contributed by atoms with Crippen LogP contribution >= 0.6 is 24.0 Å². The first-order chi connectivity index (χ1) is 10.9. The van der Waals surface area contributed by atoms with Crippen molar-refractivity contribution in [2.24, 2.45) is 10.7 Å². The zero-order valence-corrected chi connectivity index (χ0v) is 17.4. The molecule has 0 radical (unpaired) electrons. The lowest BCUT2D eigenvalue weighted by Crippen LogP contribution is -2.41. The summed E-state index contributed by atoms with van der Waals surface area (Å²) in [5, 5.41) is 3.10. The van der Waals surface area contributed by atoms with Crippen molar-refractivity contribution in [3.8, 4) is 0 Å². The fourth-order valence-electron chi connectivity index (χ4n) is 2.45. The van der Waals surface area contributed by atoms with Crippen LogP contribution in [0.1, 0.15) is 25.3 Å². The number of sulfone groups is 1. The van der Waals surface area contributed by atoms with Crippen LogP contribution in [-0.4, -0.2) is 57.0 Å². The Balaban J connectivity index is 0.00000288. The third-order valence-electron chi connectivity index (χ3n) is 3.96. The Morgan fingerprint density at radius 1 is 1.33 bits per heavy atom. The fraction of sp³-hybridized carbons (Fsp3) is 0.562. The van der Waals surface area contributed by atoms with Gasteiger partial charge in [0, 0.05) is 25.3 Å². The first-order valence-corrected chi connectivity index (χ1v) is 9.77. The number of nitrogens with one attached hydrogen (secondary N) is 1. The molecule has 0 unspecified atom stereocenters. The summed E-state index contributed by atoms with van der Waals surface area (Å²) in [5.74, 6) is 1.33. The molecule has 136 valence electrons. The van der Waals surface area contributed by atoms with Gasteiger partial charge in [-0.15, -0.1) is 24.0 Å². The number of benzene rings is 1. The van der Waals surface area contributed by atoms with Crippen LogP contribution in [0.3, 0.4) is 0 Å². The highest BCUT2D eigenvalue weighted by Gasteiger charge is 2.20. The standard InChI is InChI=1S/C16H26N4O2S.HI/c1-13(2)14-4-3-5-15(12-14)19-16(17)18-6-7-20-8-10-23(21,22)11-9-20;/h3-5,12-13H,6-11H2,1-2H3,(H3,17,18,19);1H. The van der Waals surface area contributed by atoms with Gasteiger partial charge in [-0.25, -0.2) is 8.42 Å². The van der Waals surface area contributed by atoms with Crippen LogP contribution in [0.15, 0.2) is 29.3 Å². The van der Waals surface area contributed by atoms with E-state index in [4.69, 9.17) is 5.73 Å². The Morgan fingerprint density at radius 3 is 2.62 bits per heavy atom. The average Bonchev–Trinajstić information content (AvgIpc) is 2.49. The lowest BCUT2D eigenvalue weighted by molar-refractivity contribution is 0.304. The van der Waals surface area contributed by atoms with Gasteiger partial charge in [0.1, 0.15) is 0 Å². The molecule has 1 fully saturated rings. The maximum absolute atomic E-state index is 11.4. The molecule has 0 amide bonds. The lowest BCUT2D eigenvalue weighted by Gasteiger charge is -2.25. The van der Waals surface area contributed by atoms with E-state index in [1.54, 1.807) is 0 Å². The fourth-order valence-corrected chi connectivity index (χ4v) is 3.73. The van der Waals surface area contributed by atoms with Crippen molar-refractivity contribution >= 4 is 45.5 Å². The molecule has 1 saturated heterocycles. The van der Waals surface area contributed by atoms with Gasteiger partial charge >= 0.3 is 0 Å². The molecular formula is C16H27IN4O2S. The summed E-state index contributed by atoms with van der Waals surface area (Å²) in [5.41, 5.74) is 8.09. The number of anilines is 1. The zero-order valence-electron chi connectivity index (χ0n) is 14.2. The maximum atomic E-state index is 11.4. The second-order valence-electron chi connectivity index (χ2n) is 6.17. The molecule has 3 N–H and O–H groups in total. The van der Waals surface area contributed by atoms with E-state index in [0.717, 1.165) is 12.2 Å². The average molecular weight is 466 g/mol. The smallest absolute Gasteiger partial charge is 0.193 e. The first-order valence-electron chi connectivity index (χ1n) is 7.95. The van der Waals surface area contributed by atoms with Crippen LogP contribution in [0.4, 0.5) is 5.69 Å². The Kier molecular flexibility index (Phi) is 8.44. The summed E-state index contributed by atoms with van der Waals surface area (Å²) >= 11 is 0. The normalized spacial score (nSPS) is 18.2. The number of hydrogen-bond acceptors (Lipinski definition) is 4. The second-order valence-corrected chi connectivity index (χ2v) is 8.47. The number of guanidine groups is 1. The van der Waals surface area contributed by atoms with E-state index in [1.807, 2.05) is 12.1 Å². The number of nitrogens with zero attached hydrogens (tertiary/aromatic N) is 2. The van der Waals surface area contributed by atoms with E-state index in [9.17, 15) is 8.42 Å². The van der Waals surface area contributed by atoms with Gasteiger partial charge < -0.3 is 11.1 Å². The molecular weight excluding hydrogens is 439 g/mol. The first kappa shape index (κ1) is 21.2. The molecule has 0 aliphatic carbocycles. The van der Waals surface area contributed by atoms with E-state index in [-0.39, 0.29) is 35.5 Å². The van der Waals surface area contributed by atoms with Crippen LogP contribution in [-0.2, 0) is 9.84 Å². The minimum absolute atomic E-state index is 0. The van der Waals surface area contributed by atoms with Gasteiger partial charge in [0.2, 0.25) is 0 Å². The van der Waals surface area contributed by atoms with Crippen molar-refractivity contribution in [1.29, 1.82) is 0 Å². The Bertz CT molecular complexity index is 648. The monoisotopic (exact) mass is 466 g/mol. The summed E-state index contributed by atoms with van der Waals surface area (Å²) in [7, 11) is -2.82. The van der Waals surface area contributed by atoms with Crippen LogP contribution in [0.5, 0.6) is 0 Å². The number of aliphatic imine (C=N–C) groups is 1. The van der Waals surface area contributed by atoms with Crippen molar-refractivity contribution in [1.82, 2.24) is 4.90 Å². The molecule has 24 heavy (non-hydrogen) atoms. The molecule has 1 aliphatic rings. The highest BCUT2D eigenvalue weighted by molar-refractivity contribution is 14.0. The molecule has 0 atom stereocenters. The summed E-state index contributed by atoms with van der Waals surface area (Å²) in [6, 6.07) is 8.12. The predicted molar refractivity (Wildman–Crippen MR) is 111 cm³/mol. The van der Waals surface area contributed by atoms with Crippen molar-refractivity contribution in [3.63, 3.8) is 0 Å². The maximum Gasteiger partial charge on any atom is 0.193 e. The summed E-state index contributed by atoms with van der Waals surface area (Å²) < 4.78 is 22.7. The largest absolute Gasteiger partial charge is 0.370 e. The Hall–Kier alpha value is -0.870. The van der Waals surface area contributed by atoms with Gasteiger partial charge in [0.15, 0.2) is 15.8 Å². The van der Waals surface area contributed by atoms with Crippen molar-refractivity contribution in [3.05, 3.63) is 29.8 Å². The minimum atomic E-state index is -2.82. The topological polar surface area (TPSA) is 87.8 Å². The van der Waals surface area contributed by atoms with Gasteiger partial charge in [-0.05, 0) is 23.6 Å². The van der Waals surface area contributed by atoms with Gasteiger partial charge in [0.25, 0.3) is 0 Å². The van der Waals surface area contributed by atoms with Crippen molar-refractivity contribution in [2.45, 2.75) is 19.8 Å². The SMILES string of the molecule is CC(C)c1cccc(NC(N)=NCCN2CCS(=O)(=O)CC2)c1.I. The molecule has 6 nitrogen and oxygen atoms in total. The number of hydrogen-bond donors (Lipinski definition) is 2. The summed E-state index contributed by atoms with van der Waals surface area (Å²) in [6.45, 7) is 6.75. The molecule has 1 aliphatic heterocycles. The molecule has 1 aromatic carbocycles. The Labute approximate surface area is 161 Å². The highest BCUT2D eigenvalue weighted by Crippen LogP contribution is 2.18. The molecule has 2 rings (SSSR count). The second kappa shape index (κ2) is 9.57. The molecule has 0 bridgehead atoms. The van der Waals surface area contributed by atoms with E-state index in [2.05, 4.69) is 41.2 Å². The summed E-state index contributed by atoms with van der Waals surface area (Å²) in [4.78, 5) is 6.42. The minimum Gasteiger partial charge on any atom is -0.370 e. The van der Waals surface area contributed by atoms with Crippen molar-refractivity contribution in [2.75, 3.05) is 43.0 Å². The molecule has 1 aromatic rings. The van der Waals surface area contributed by atoms with Crippen LogP contribution < -0.4 is 11.1 Å². The molecule has 1 heterocycles. The lowest BCUT2D eigenvalue weighted by atomic mass is 10.0. The molecule has 0 aromatic heterocycles.